The largest absolute Gasteiger partial charge is 0.391 e. The lowest BCUT2D eigenvalue weighted by Gasteiger charge is -2.31. The summed E-state index contributed by atoms with van der Waals surface area (Å²) in [4.78, 5) is 11.9. The third-order valence-corrected chi connectivity index (χ3v) is 3.60. The molecule has 0 saturated heterocycles. The van der Waals surface area contributed by atoms with Crippen molar-refractivity contribution in [3.05, 3.63) is 70.1 Å². The highest BCUT2D eigenvalue weighted by Crippen LogP contribution is 2.31. The molecule has 2 aromatic rings. The van der Waals surface area contributed by atoms with Crippen molar-refractivity contribution < 1.29 is 5.11 Å². The maximum atomic E-state index is 11.9. The fourth-order valence-corrected chi connectivity index (χ4v) is 2.72. The molecule has 0 amide bonds. The Balaban J connectivity index is 2.17. The number of benzene rings is 1. The summed E-state index contributed by atoms with van der Waals surface area (Å²) in [5.41, 5.74) is 2.21. The number of aryl methyl sites for hydroxylation is 1. The van der Waals surface area contributed by atoms with Crippen LogP contribution in [0, 0.1) is 0 Å². The molecule has 0 aliphatic heterocycles. The van der Waals surface area contributed by atoms with Gasteiger partial charge in [-0.15, -0.1) is 0 Å². The number of fused-ring (bicyclic) bond motifs is 1. The highest BCUT2D eigenvalue weighted by Gasteiger charge is 2.29. The first-order valence-electron chi connectivity index (χ1n) is 6.20. The number of hydrogen-bond donors (Lipinski definition) is 1. The van der Waals surface area contributed by atoms with E-state index in [1.54, 1.807) is 16.8 Å². The first-order chi connectivity index (χ1) is 8.77. The fourth-order valence-electron chi connectivity index (χ4n) is 2.72. The van der Waals surface area contributed by atoms with Gasteiger partial charge in [0.2, 0.25) is 0 Å². The minimum atomic E-state index is -0.500. The van der Waals surface area contributed by atoms with Gasteiger partial charge in [0, 0.05) is 12.3 Å². The molecule has 1 N–H and O–H groups in total. The lowest BCUT2D eigenvalue weighted by Crippen LogP contribution is -2.35. The van der Waals surface area contributed by atoms with E-state index in [-0.39, 0.29) is 11.6 Å². The van der Waals surface area contributed by atoms with Crippen molar-refractivity contribution in [3.63, 3.8) is 0 Å². The summed E-state index contributed by atoms with van der Waals surface area (Å²) in [6.45, 7) is 0. The van der Waals surface area contributed by atoms with Gasteiger partial charge >= 0.3 is 0 Å². The molecule has 0 radical (unpaired) electrons. The maximum Gasteiger partial charge on any atom is 0.251 e. The second kappa shape index (κ2) is 4.42. The standard InChI is InChI=1S/C15H15NO2/c17-13-9-8-11-5-1-2-6-12(11)15(13)16-10-4-3-7-14(16)18/h1-7,10,13,15,17H,8-9H2. The zero-order valence-electron chi connectivity index (χ0n) is 9.99. The molecule has 2 atom stereocenters. The Morgan fingerprint density at radius 3 is 2.72 bits per heavy atom. The molecular weight excluding hydrogens is 226 g/mol. The molecule has 1 aromatic heterocycles. The highest BCUT2D eigenvalue weighted by molar-refractivity contribution is 5.34. The van der Waals surface area contributed by atoms with Crippen LogP contribution in [0.1, 0.15) is 23.6 Å². The van der Waals surface area contributed by atoms with Crippen molar-refractivity contribution in [2.45, 2.75) is 25.0 Å². The lowest BCUT2D eigenvalue weighted by molar-refractivity contribution is 0.112. The van der Waals surface area contributed by atoms with E-state index in [1.165, 1.54) is 11.6 Å². The molecule has 3 nitrogen and oxygen atoms in total. The van der Waals surface area contributed by atoms with Gasteiger partial charge in [0.1, 0.15) is 0 Å². The quantitative estimate of drug-likeness (QED) is 0.826. The molecule has 92 valence electrons. The van der Waals surface area contributed by atoms with Crippen LogP contribution >= 0.6 is 0 Å². The van der Waals surface area contributed by atoms with Crippen molar-refractivity contribution in [2.24, 2.45) is 0 Å². The van der Waals surface area contributed by atoms with Gasteiger partial charge in [-0.2, -0.15) is 0 Å². The Kier molecular flexibility index (Phi) is 2.76. The van der Waals surface area contributed by atoms with Gasteiger partial charge in [-0.25, -0.2) is 0 Å². The second-order valence-corrected chi connectivity index (χ2v) is 4.70. The molecule has 2 unspecified atom stereocenters. The Morgan fingerprint density at radius 2 is 1.89 bits per heavy atom. The first-order valence-corrected chi connectivity index (χ1v) is 6.20. The normalized spacial score (nSPS) is 22.5. The van der Waals surface area contributed by atoms with Crippen LogP contribution in [0.25, 0.3) is 0 Å². The van der Waals surface area contributed by atoms with E-state index in [4.69, 9.17) is 0 Å². The maximum absolute atomic E-state index is 11.9. The molecule has 0 bridgehead atoms. The molecule has 18 heavy (non-hydrogen) atoms. The van der Waals surface area contributed by atoms with E-state index >= 15 is 0 Å². The SMILES string of the molecule is O=c1ccccn1C1c2ccccc2CCC1O. The van der Waals surface area contributed by atoms with Gasteiger partial charge in [0.05, 0.1) is 12.1 Å². The van der Waals surface area contributed by atoms with Crippen molar-refractivity contribution in [1.82, 2.24) is 4.57 Å². The van der Waals surface area contributed by atoms with Gasteiger partial charge in [0.25, 0.3) is 5.56 Å². The molecule has 1 aromatic carbocycles. The fraction of sp³-hybridized carbons (Fsp3) is 0.267. The number of aromatic nitrogens is 1. The third kappa shape index (κ3) is 1.77. The molecular formula is C15H15NO2. The van der Waals surface area contributed by atoms with Crippen molar-refractivity contribution in [2.75, 3.05) is 0 Å². The minimum Gasteiger partial charge on any atom is -0.391 e. The van der Waals surface area contributed by atoms with Gasteiger partial charge in [-0.3, -0.25) is 4.79 Å². The summed E-state index contributed by atoms with van der Waals surface area (Å²) in [6, 6.07) is 12.8. The lowest BCUT2D eigenvalue weighted by atomic mass is 9.85. The van der Waals surface area contributed by atoms with Crippen LogP contribution in [0.5, 0.6) is 0 Å². The molecule has 1 aliphatic carbocycles. The zero-order valence-corrected chi connectivity index (χ0v) is 9.99. The highest BCUT2D eigenvalue weighted by atomic mass is 16.3. The smallest absolute Gasteiger partial charge is 0.251 e. The molecule has 1 heterocycles. The van der Waals surface area contributed by atoms with E-state index in [2.05, 4.69) is 6.07 Å². The van der Waals surface area contributed by atoms with Crippen LogP contribution in [0.15, 0.2) is 53.5 Å². The molecule has 3 heteroatoms. The number of pyridine rings is 1. The monoisotopic (exact) mass is 241 g/mol. The van der Waals surface area contributed by atoms with Gasteiger partial charge in [-0.1, -0.05) is 30.3 Å². The van der Waals surface area contributed by atoms with Gasteiger partial charge in [0.15, 0.2) is 0 Å². The molecule has 3 rings (SSSR count). The zero-order chi connectivity index (χ0) is 12.5. The number of hydrogen-bond acceptors (Lipinski definition) is 2. The van der Waals surface area contributed by atoms with Crippen LogP contribution in [-0.2, 0) is 6.42 Å². The molecule has 0 fully saturated rings. The predicted octanol–water partition coefficient (Wildman–Crippen LogP) is 1.74. The van der Waals surface area contributed by atoms with E-state index in [9.17, 15) is 9.90 Å². The molecule has 0 spiro atoms. The first kappa shape index (κ1) is 11.2. The van der Waals surface area contributed by atoms with Crippen LogP contribution < -0.4 is 5.56 Å². The number of rotatable bonds is 1. The summed E-state index contributed by atoms with van der Waals surface area (Å²) in [5.74, 6) is 0. The summed E-state index contributed by atoms with van der Waals surface area (Å²) < 4.78 is 1.63. The minimum absolute atomic E-state index is 0.0711. The topological polar surface area (TPSA) is 42.2 Å². The summed E-state index contributed by atoms with van der Waals surface area (Å²) in [5, 5.41) is 10.2. The van der Waals surface area contributed by atoms with Crippen molar-refractivity contribution >= 4 is 0 Å². The molecule has 0 saturated carbocycles. The summed E-state index contributed by atoms with van der Waals surface area (Å²) in [6.07, 6.45) is 2.82. The third-order valence-electron chi connectivity index (χ3n) is 3.60. The van der Waals surface area contributed by atoms with Crippen molar-refractivity contribution in [3.8, 4) is 0 Å². The Bertz CT molecular complexity index is 618. The summed E-state index contributed by atoms with van der Waals surface area (Å²) in [7, 11) is 0. The van der Waals surface area contributed by atoms with Gasteiger partial charge < -0.3 is 9.67 Å². The predicted molar refractivity (Wildman–Crippen MR) is 69.6 cm³/mol. The Hall–Kier alpha value is -1.87. The number of nitrogens with zero attached hydrogens (tertiary/aromatic N) is 1. The van der Waals surface area contributed by atoms with Crippen LogP contribution in [-0.4, -0.2) is 15.8 Å². The van der Waals surface area contributed by atoms with Gasteiger partial charge in [-0.05, 0) is 30.0 Å². The van der Waals surface area contributed by atoms with Crippen molar-refractivity contribution in [1.29, 1.82) is 0 Å². The van der Waals surface area contributed by atoms with E-state index in [0.717, 1.165) is 12.0 Å². The number of aliphatic hydroxyl groups is 1. The molecule has 1 aliphatic rings. The summed E-state index contributed by atoms with van der Waals surface area (Å²) >= 11 is 0. The number of aliphatic hydroxyl groups excluding tert-OH is 1. The van der Waals surface area contributed by atoms with E-state index in [0.29, 0.717) is 6.42 Å². The van der Waals surface area contributed by atoms with E-state index < -0.39 is 6.10 Å². The van der Waals surface area contributed by atoms with Crippen LogP contribution in [0.2, 0.25) is 0 Å². The average molecular weight is 241 g/mol. The average Bonchev–Trinajstić information content (AvgIpc) is 2.40. The van der Waals surface area contributed by atoms with E-state index in [1.807, 2.05) is 24.3 Å². The van der Waals surface area contributed by atoms with Crippen LogP contribution in [0.4, 0.5) is 0 Å². The Morgan fingerprint density at radius 1 is 1.11 bits per heavy atom. The second-order valence-electron chi connectivity index (χ2n) is 4.70. The van der Waals surface area contributed by atoms with Crippen LogP contribution in [0.3, 0.4) is 0 Å². The Labute approximate surface area is 105 Å².